The molecule has 0 atom stereocenters. The summed E-state index contributed by atoms with van der Waals surface area (Å²) in [5.41, 5.74) is -1.03. The van der Waals surface area contributed by atoms with Crippen molar-refractivity contribution in [1.82, 2.24) is 4.90 Å². The normalized spacial score (nSPS) is 20.9. The molecule has 1 N–H and O–H groups in total. The molecule has 1 rings (SSSR count). The van der Waals surface area contributed by atoms with Gasteiger partial charge < -0.3 is 9.84 Å². The number of carbonyl (C=O) groups is 1. The van der Waals surface area contributed by atoms with Crippen LogP contribution in [-0.4, -0.2) is 48.3 Å². The fourth-order valence-electron chi connectivity index (χ4n) is 2.02. The Morgan fingerprint density at radius 2 is 2.07 bits per heavy atom. The summed E-state index contributed by atoms with van der Waals surface area (Å²) in [6.07, 6.45) is 0.766. The van der Waals surface area contributed by atoms with Crippen LogP contribution >= 0.6 is 0 Å². The maximum Gasteiger partial charge on any atom is 0.312 e. The van der Waals surface area contributed by atoms with Gasteiger partial charge in [0.15, 0.2) is 0 Å². The van der Waals surface area contributed by atoms with Gasteiger partial charge in [-0.25, -0.2) is 0 Å². The monoisotopic (exact) mass is 215 g/mol. The molecule has 0 amide bonds. The van der Waals surface area contributed by atoms with E-state index < -0.39 is 11.0 Å². The Hall–Kier alpha value is -0.610. The number of carbonyl (C=O) groups excluding carboxylic acids is 1. The van der Waals surface area contributed by atoms with Crippen LogP contribution in [-0.2, 0) is 9.53 Å². The van der Waals surface area contributed by atoms with Gasteiger partial charge in [0.2, 0.25) is 0 Å². The zero-order valence-corrected chi connectivity index (χ0v) is 10.0. The Bertz CT molecular complexity index is 244. The van der Waals surface area contributed by atoms with Gasteiger partial charge >= 0.3 is 5.97 Å². The number of methoxy groups -OCH3 is 1. The minimum atomic E-state index is -0.536. The van der Waals surface area contributed by atoms with E-state index in [9.17, 15) is 9.90 Å². The summed E-state index contributed by atoms with van der Waals surface area (Å²) in [5.74, 6) is -0.200. The summed E-state index contributed by atoms with van der Waals surface area (Å²) >= 11 is 0. The molecule has 0 saturated carbocycles. The fraction of sp³-hybridized carbons (Fsp3) is 0.909. The number of hydrogen-bond donors (Lipinski definition) is 1. The molecule has 1 saturated heterocycles. The van der Waals surface area contributed by atoms with Crippen LogP contribution in [0.4, 0.5) is 0 Å². The molecule has 1 aliphatic rings. The molecule has 1 fully saturated rings. The maximum atomic E-state index is 11.4. The Morgan fingerprint density at radius 1 is 1.53 bits per heavy atom. The number of likely N-dealkylation sites (tertiary alicyclic amines) is 1. The highest BCUT2D eigenvalue weighted by Gasteiger charge is 2.43. The highest BCUT2D eigenvalue weighted by Crippen LogP contribution is 2.28. The first-order chi connectivity index (χ1) is 6.83. The van der Waals surface area contributed by atoms with Crippen molar-refractivity contribution in [2.75, 3.05) is 26.7 Å². The zero-order valence-electron chi connectivity index (χ0n) is 10.0. The lowest BCUT2D eigenvalue weighted by atomic mass is 9.86. The molecule has 88 valence electrons. The molecule has 4 heteroatoms. The van der Waals surface area contributed by atoms with Crippen molar-refractivity contribution in [3.05, 3.63) is 0 Å². The Labute approximate surface area is 91.2 Å². The Kier molecular flexibility index (Phi) is 3.41. The number of rotatable bonds is 4. The van der Waals surface area contributed by atoms with Crippen molar-refractivity contribution in [2.24, 2.45) is 5.41 Å². The predicted octanol–water partition coefficient (Wildman–Crippen LogP) is 0.642. The maximum absolute atomic E-state index is 11.4. The highest BCUT2D eigenvalue weighted by molar-refractivity contribution is 5.76. The smallest absolute Gasteiger partial charge is 0.312 e. The third kappa shape index (κ3) is 2.69. The number of aliphatic hydroxyl groups is 1. The van der Waals surface area contributed by atoms with E-state index in [4.69, 9.17) is 4.74 Å². The van der Waals surface area contributed by atoms with E-state index in [1.807, 2.05) is 20.8 Å². The van der Waals surface area contributed by atoms with Crippen molar-refractivity contribution in [3.63, 3.8) is 0 Å². The van der Waals surface area contributed by atoms with Gasteiger partial charge in [0.05, 0.1) is 18.1 Å². The van der Waals surface area contributed by atoms with Gasteiger partial charge in [0.1, 0.15) is 0 Å². The van der Waals surface area contributed by atoms with E-state index in [1.165, 1.54) is 7.11 Å². The lowest BCUT2D eigenvalue weighted by Crippen LogP contribution is -2.63. The molecule has 0 unspecified atom stereocenters. The summed E-state index contributed by atoms with van der Waals surface area (Å²) < 4.78 is 4.73. The van der Waals surface area contributed by atoms with Gasteiger partial charge in [-0.1, -0.05) is 6.92 Å². The Balaban J connectivity index is 2.42. The van der Waals surface area contributed by atoms with Crippen molar-refractivity contribution < 1.29 is 14.6 Å². The molecule has 0 aromatic carbocycles. The van der Waals surface area contributed by atoms with Gasteiger partial charge in [-0.05, 0) is 20.3 Å². The molecule has 0 radical (unpaired) electrons. The first-order valence-corrected chi connectivity index (χ1v) is 5.36. The molecule has 15 heavy (non-hydrogen) atoms. The molecule has 4 nitrogen and oxygen atoms in total. The molecule has 1 aliphatic heterocycles. The number of ether oxygens (including phenoxy) is 1. The second-order valence-corrected chi connectivity index (χ2v) is 5.10. The van der Waals surface area contributed by atoms with E-state index >= 15 is 0 Å². The molecule has 0 aliphatic carbocycles. The van der Waals surface area contributed by atoms with Gasteiger partial charge in [-0.3, -0.25) is 9.69 Å². The third-order valence-corrected chi connectivity index (χ3v) is 3.05. The van der Waals surface area contributed by atoms with Crippen molar-refractivity contribution >= 4 is 5.97 Å². The van der Waals surface area contributed by atoms with Crippen LogP contribution in [0.1, 0.15) is 27.2 Å². The first kappa shape index (κ1) is 12.5. The molecule has 0 bridgehead atoms. The molecular weight excluding hydrogens is 194 g/mol. The molecule has 1 heterocycles. The highest BCUT2D eigenvalue weighted by atomic mass is 16.5. The fourth-order valence-corrected chi connectivity index (χ4v) is 2.02. The first-order valence-electron chi connectivity index (χ1n) is 5.36. The largest absolute Gasteiger partial charge is 0.469 e. The average Bonchev–Trinajstić information content (AvgIpc) is 2.13. The van der Waals surface area contributed by atoms with Crippen molar-refractivity contribution in [3.8, 4) is 0 Å². The van der Waals surface area contributed by atoms with Gasteiger partial charge in [-0.2, -0.15) is 0 Å². The van der Waals surface area contributed by atoms with Crippen molar-refractivity contribution in [2.45, 2.75) is 32.8 Å². The van der Waals surface area contributed by atoms with Crippen LogP contribution in [0.15, 0.2) is 0 Å². The van der Waals surface area contributed by atoms with E-state index in [1.54, 1.807) is 0 Å². The lowest BCUT2D eigenvalue weighted by Gasteiger charge is -2.48. The van der Waals surface area contributed by atoms with E-state index in [0.717, 1.165) is 6.42 Å². The van der Waals surface area contributed by atoms with E-state index in [0.29, 0.717) is 19.6 Å². The van der Waals surface area contributed by atoms with Crippen LogP contribution in [0.2, 0.25) is 0 Å². The predicted molar refractivity (Wildman–Crippen MR) is 57.5 cm³/mol. The SMILES string of the molecule is CCC1(O)CN(CC(C)(C)C(=O)OC)C1. The lowest BCUT2D eigenvalue weighted by molar-refractivity contribution is -0.157. The topological polar surface area (TPSA) is 49.8 Å². The number of hydrogen-bond acceptors (Lipinski definition) is 4. The quantitative estimate of drug-likeness (QED) is 0.699. The summed E-state index contributed by atoms with van der Waals surface area (Å²) in [6.45, 7) is 7.66. The average molecular weight is 215 g/mol. The molecular formula is C11H21NO3. The van der Waals surface area contributed by atoms with Crippen LogP contribution in [0, 0.1) is 5.41 Å². The van der Waals surface area contributed by atoms with Crippen LogP contribution < -0.4 is 0 Å². The number of esters is 1. The molecule has 0 spiro atoms. The minimum absolute atomic E-state index is 0.200. The van der Waals surface area contributed by atoms with E-state index in [2.05, 4.69) is 4.90 Å². The van der Waals surface area contributed by atoms with Crippen LogP contribution in [0.25, 0.3) is 0 Å². The summed E-state index contributed by atoms with van der Waals surface area (Å²) in [6, 6.07) is 0. The summed E-state index contributed by atoms with van der Waals surface area (Å²) in [5, 5.41) is 9.82. The summed E-state index contributed by atoms with van der Waals surface area (Å²) in [7, 11) is 1.41. The third-order valence-electron chi connectivity index (χ3n) is 3.05. The number of nitrogens with zero attached hydrogens (tertiary/aromatic N) is 1. The van der Waals surface area contributed by atoms with Gasteiger partial charge in [0, 0.05) is 19.6 Å². The molecule has 0 aromatic heterocycles. The minimum Gasteiger partial charge on any atom is -0.469 e. The second kappa shape index (κ2) is 4.10. The van der Waals surface area contributed by atoms with Crippen molar-refractivity contribution in [1.29, 1.82) is 0 Å². The van der Waals surface area contributed by atoms with E-state index in [-0.39, 0.29) is 5.97 Å². The standard InChI is InChI=1S/C11H21NO3/c1-5-11(14)7-12(8-11)6-10(2,3)9(13)15-4/h14H,5-8H2,1-4H3. The molecule has 0 aromatic rings. The second-order valence-electron chi connectivity index (χ2n) is 5.10. The van der Waals surface area contributed by atoms with Crippen LogP contribution in [0.5, 0.6) is 0 Å². The van der Waals surface area contributed by atoms with Crippen LogP contribution in [0.3, 0.4) is 0 Å². The summed E-state index contributed by atoms with van der Waals surface area (Å²) in [4.78, 5) is 13.5. The number of β-amino-alcohol motifs (C(OH)–C–C–N with tert-alkyl or cyclic N) is 1. The Morgan fingerprint density at radius 3 is 2.47 bits per heavy atom. The zero-order chi connectivity index (χ0) is 11.7. The van der Waals surface area contributed by atoms with Gasteiger partial charge in [0.25, 0.3) is 0 Å². The van der Waals surface area contributed by atoms with Gasteiger partial charge in [-0.15, -0.1) is 0 Å².